The summed E-state index contributed by atoms with van der Waals surface area (Å²) >= 11 is 5.82. The molecule has 4 rings (SSSR count). The molecule has 2 aromatic rings. The van der Waals surface area contributed by atoms with Crippen molar-refractivity contribution in [2.45, 2.75) is 38.0 Å². The minimum absolute atomic E-state index is 0.113. The fourth-order valence-electron chi connectivity index (χ4n) is 3.34. The van der Waals surface area contributed by atoms with Gasteiger partial charge in [0.2, 0.25) is 5.91 Å². The van der Waals surface area contributed by atoms with Gasteiger partial charge in [0.25, 0.3) is 0 Å². The van der Waals surface area contributed by atoms with Crippen LogP contribution >= 0.6 is 11.6 Å². The third kappa shape index (κ3) is 2.95. The van der Waals surface area contributed by atoms with Crippen molar-refractivity contribution in [1.29, 1.82) is 0 Å². The maximum Gasteiger partial charge on any atom is 0.347 e. The zero-order chi connectivity index (χ0) is 17.6. The molecule has 7 nitrogen and oxygen atoms in total. The van der Waals surface area contributed by atoms with Gasteiger partial charge in [-0.1, -0.05) is 11.6 Å². The number of aromatic nitrogens is 4. The van der Waals surface area contributed by atoms with Gasteiger partial charge < -0.3 is 4.90 Å². The van der Waals surface area contributed by atoms with Gasteiger partial charge in [-0.25, -0.2) is 13.9 Å². The molecule has 0 aliphatic carbocycles. The van der Waals surface area contributed by atoms with Gasteiger partial charge in [-0.3, -0.25) is 14.3 Å². The number of rotatable bonds is 3. The highest BCUT2D eigenvalue weighted by Crippen LogP contribution is 2.26. The van der Waals surface area contributed by atoms with E-state index in [9.17, 15) is 14.0 Å². The summed E-state index contributed by atoms with van der Waals surface area (Å²) in [7, 11) is 0. The molecule has 0 bridgehead atoms. The van der Waals surface area contributed by atoms with Crippen molar-refractivity contribution in [2.24, 2.45) is 0 Å². The molecule has 0 spiro atoms. The van der Waals surface area contributed by atoms with E-state index < -0.39 is 12.2 Å². The molecule has 4 heterocycles. The largest absolute Gasteiger partial charge is 0.347 e. The van der Waals surface area contributed by atoms with E-state index in [0.29, 0.717) is 29.4 Å². The molecule has 132 valence electrons. The number of aryl methyl sites for hydroxylation is 1. The highest BCUT2D eigenvalue weighted by molar-refractivity contribution is 6.30. The number of fused-ring (bicyclic) bond motifs is 1. The molecule has 0 radical (unpaired) electrons. The van der Waals surface area contributed by atoms with Crippen molar-refractivity contribution in [1.82, 2.24) is 24.2 Å². The van der Waals surface area contributed by atoms with Crippen molar-refractivity contribution in [3.63, 3.8) is 0 Å². The Bertz CT molecular complexity index is 856. The van der Waals surface area contributed by atoms with Gasteiger partial charge in [0, 0.05) is 12.6 Å². The molecule has 1 fully saturated rings. The monoisotopic (exact) mass is 365 g/mol. The van der Waals surface area contributed by atoms with Gasteiger partial charge in [-0.15, -0.1) is 0 Å². The highest BCUT2D eigenvalue weighted by atomic mass is 35.5. The van der Waals surface area contributed by atoms with Gasteiger partial charge in [0.15, 0.2) is 0 Å². The van der Waals surface area contributed by atoms with Gasteiger partial charge in [-0.05, 0) is 25.0 Å². The van der Waals surface area contributed by atoms with Crippen LogP contribution in [0.4, 0.5) is 4.39 Å². The van der Waals surface area contributed by atoms with Crippen LogP contribution in [0.5, 0.6) is 0 Å². The maximum absolute atomic E-state index is 13.0. The minimum Gasteiger partial charge on any atom is -0.335 e. The van der Waals surface area contributed by atoms with Crippen LogP contribution in [0.1, 0.15) is 30.4 Å². The molecule has 9 heteroatoms. The van der Waals surface area contributed by atoms with Gasteiger partial charge >= 0.3 is 5.69 Å². The molecule has 1 saturated heterocycles. The van der Waals surface area contributed by atoms with E-state index in [1.165, 1.54) is 20.3 Å². The molecular weight excluding hydrogens is 349 g/mol. The standard InChI is InChI=1S/C16H17ClFN5O2/c17-10-4-5-12(19-6-10)9-22-16(25)23-13(2-1-3-14(23)20-22)15(24)21-7-11(18)8-21/h4-6,11,13H,1-3,7-9H2. The first-order valence-electron chi connectivity index (χ1n) is 8.24. The third-order valence-corrected chi connectivity index (χ3v) is 4.89. The fourth-order valence-corrected chi connectivity index (χ4v) is 3.45. The Morgan fingerprint density at radius 1 is 1.36 bits per heavy atom. The van der Waals surface area contributed by atoms with Crippen molar-refractivity contribution in [3.05, 3.63) is 45.4 Å². The molecule has 0 saturated carbocycles. The van der Waals surface area contributed by atoms with E-state index in [4.69, 9.17) is 11.6 Å². The minimum atomic E-state index is -0.956. The number of amides is 1. The van der Waals surface area contributed by atoms with E-state index in [1.54, 1.807) is 12.1 Å². The van der Waals surface area contributed by atoms with Crippen LogP contribution in [0.15, 0.2) is 23.1 Å². The Labute approximate surface area is 148 Å². The molecule has 2 aliphatic rings. The second-order valence-electron chi connectivity index (χ2n) is 6.44. The van der Waals surface area contributed by atoms with Crippen molar-refractivity contribution in [2.75, 3.05) is 13.1 Å². The van der Waals surface area contributed by atoms with Crippen molar-refractivity contribution in [3.8, 4) is 0 Å². The van der Waals surface area contributed by atoms with Crippen LogP contribution in [0.2, 0.25) is 5.02 Å². The number of carbonyl (C=O) groups excluding carboxylic acids is 1. The summed E-state index contributed by atoms with van der Waals surface area (Å²) in [5.74, 6) is 0.405. The zero-order valence-electron chi connectivity index (χ0n) is 13.4. The first-order chi connectivity index (χ1) is 12.0. The van der Waals surface area contributed by atoms with Gasteiger partial charge in [0.1, 0.15) is 18.0 Å². The molecule has 1 amide bonds. The van der Waals surface area contributed by atoms with E-state index in [2.05, 4.69) is 10.1 Å². The quantitative estimate of drug-likeness (QED) is 0.819. The fraction of sp³-hybridized carbons (Fsp3) is 0.500. The Hall–Kier alpha value is -2.22. The summed E-state index contributed by atoms with van der Waals surface area (Å²) in [5.41, 5.74) is 0.329. The molecule has 0 aromatic carbocycles. The summed E-state index contributed by atoms with van der Waals surface area (Å²) in [6.45, 7) is 0.442. The normalized spacial score (nSPS) is 20.2. The first-order valence-corrected chi connectivity index (χ1v) is 8.62. The van der Waals surface area contributed by atoms with Crippen LogP contribution in [0.25, 0.3) is 0 Å². The second-order valence-corrected chi connectivity index (χ2v) is 6.88. The molecule has 2 aromatic heterocycles. The average Bonchev–Trinajstić information content (AvgIpc) is 2.89. The maximum atomic E-state index is 13.0. The van der Waals surface area contributed by atoms with Gasteiger partial charge in [0.05, 0.1) is 30.4 Å². The summed E-state index contributed by atoms with van der Waals surface area (Å²) in [6, 6.07) is 2.85. The summed E-state index contributed by atoms with van der Waals surface area (Å²) in [6.07, 6.45) is 2.55. The summed E-state index contributed by atoms with van der Waals surface area (Å²) in [4.78, 5) is 31.0. The number of alkyl halides is 1. The Kier molecular flexibility index (Phi) is 4.07. The Morgan fingerprint density at radius 3 is 2.84 bits per heavy atom. The average molecular weight is 366 g/mol. The SMILES string of the molecule is O=C(C1CCCc2nn(Cc3ccc(Cl)cn3)c(=O)n21)N1CC(F)C1. The number of likely N-dealkylation sites (tertiary alicyclic amines) is 1. The molecule has 25 heavy (non-hydrogen) atoms. The van der Waals surface area contributed by atoms with Gasteiger partial charge in [-0.2, -0.15) is 5.10 Å². The molecule has 1 atom stereocenters. The predicted molar refractivity (Wildman–Crippen MR) is 88.3 cm³/mol. The number of nitrogens with zero attached hydrogens (tertiary/aromatic N) is 5. The Balaban J connectivity index is 1.61. The lowest BCUT2D eigenvalue weighted by Gasteiger charge is -2.37. The number of carbonyl (C=O) groups is 1. The summed E-state index contributed by atoms with van der Waals surface area (Å²) in [5, 5.41) is 4.89. The zero-order valence-corrected chi connectivity index (χ0v) is 14.2. The first kappa shape index (κ1) is 16.3. The lowest BCUT2D eigenvalue weighted by molar-refractivity contribution is -0.142. The summed E-state index contributed by atoms with van der Waals surface area (Å²) < 4.78 is 15.8. The lowest BCUT2D eigenvalue weighted by Crippen LogP contribution is -2.54. The van der Waals surface area contributed by atoms with E-state index >= 15 is 0 Å². The highest BCUT2D eigenvalue weighted by Gasteiger charge is 2.38. The number of halogens is 2. The smallest absolute Gasteiger partial charge is 0.335 e. The number of hydrogen-bond donors (Lipinski definition) is 0. The van der Waals surface area contributed by atoms with Crippen LogP contribution in [-0.4, -0.2) is 49.4 Å². The van der Waals surface area contributed by atoms with Crippen LogP contribution in [0.3, 0.4) is 0 Å². The number of hydrogen-bond acceptors (Lipinski definition) is 4. The van der Waals surface area contributed by atoms with Crippen LogP contribution in [0, 0.1) is 0 Å². The molecule has 1 unspecified atom stereocenters. The van der Waals surface area contributed by atoms with E-state index in [1.807, 2.05) is 0 Å². The van der Waals surface area contributed by atoms with Crippen molar-refractivity contribution < 1.29 is 9.18 Å². The predicted octanol–water partition coefficient (Wildman–Crippen LogP) is 1.20. The third-order valence-electron chi connectivity index (χ3n) is 4.66. The molecular formula is C16H17ClFN5O2. The molecule has 2 aliphatic heterocycles. The lowest BCUT2D eigenvalue weighted by atomic mass is 10.0. The second kappa shape index (κ2) is 6.25. The van der Waals surface area contributed by atoms with Crippen molar-refractivity contribution >= 4 is 17.5 Å². The topological polar surface area (TPSA) is 73.0 Å². The van der Waals surface area contributed by atoms with E-state index in [0.717, 1.165) is 6.42 Å². The van der Waals surface area contributed by atoms with E-state index in [-0.39, 0.29) is 31.2 Å². The van der Waals surface area contributed by atoms with Crippen LogP contribution < -0.4 is 5.69 Å². The number of pyridine rings is 1. The molecule has 0 N–H and O–H groups in total. The van der Waals surface area contributed by atoms with Crippen LogP contribution in [-0.2, 0) is 17.8 Å². The Morgan fingerprint density at radius 2 is 2.16 bits per heavy atom.